The van der Waals surface area contributed by atoms with E-state index in [9.17, 15) is 29.4 Å². The molecule has 0 radical (unpaired) electrons. The molecule has 36 heavy (non-hydrogen) atoms. The SMILES string of the molecule is CC[C@H]1OC(=O)CCCCCC(=O)/C=C/[C@](C)(O)[C@@H](CC)OC(=O)CCCCCC(=O)/C=C/[C@]1(C)O. The number of hydrogen-bond donors (Lipinski definition) is 2. The average molecular weight is 509 g/mol. The third kappa shape index (κ3) is 12.1. The Morgan fingerprint density at radius 2 is 1.00 bits per heavy atom. The number of carbonyl (C=O) groups excluding carboxylic acids is 4. The molecule has 0 amide bonds. The molecule has 8 heteroatoms. The van der Waals surface area contributed by atoms with E-state index in [4.69, 9.17) is 9.47 Å². The second kappa shape index (κ2) is 15.7. The average Bonchev–Trinajstić information content (AvgIpc) is 2.82. The number of ether oxygens (including phenoxy) is 2. The Bertz CT molecular complexity index is 727. The summed E-state index contributed by atoms with van der Waals surface area (Å²) in [7, 11) is 0. The Labute approximate surface area is 215 Å². The van der Waals surface area contributed by atoms with Crippen molar-refractivity contribution in [3.8, 4) is 0 Å². The van der Waals surface area contributed by atoms with Crippen LogP contribution in [0, 0.1) is 0 Å². The van der Waals surface area contributed by atoms with E-state index in [0.717, 1.165) is 0 Å². The standard InChI is InChI=1S/C28H44O8/c1-5-23-27(3,33)19-17-21(29)13-10-8-12-16-26(32)36-24(6-2)28(4,34)20-18-22(30)14-9-7-11-15-25(31)35-23/h17-20,23-24,33-34H,5-16H2,1-4H3/b19-17+,20-18+/t23-,24-,27+,28+/m1/s1. The first-order valence-corrected chi connectivity index (χ1v) is 13.2. The molecule has 0 aromatic carbocycles. The van der Waals surface area contributed by atoms with Gasteiger partial charge in [0.15, 0.2) is 11.6 Å². The van der Waals surface area contributed by atoms with Crippen molar-refractivity contribution in [2.24, 2.45) is 0 Å². The van der Waals surface area contributed by atoms with Gasteiger partial charge in [-0.3, -0.25) is 19.2 Å². The van der Waals surface area contributed by atoms with E-state index in [1.807, 2.05) is 0 Å². The third-order valence-electron chi connectivity index (χ3n) is 6.41. The summed E-state index contributed by atoms with van der Waals surface area (Å²) in [6, 6.07) is 0. The van der Waals surface area contributed by atoms with Gasteiger partial charge in [-0.05, 0) is 76.7 Å². The predicted octanol–water partition coefficient (Wildman–Crippen LogP) is 4.30. The summed E-state index contributed by atoms with van der Waals surface area (Å²) < 4.78 is 10.9. The Kier molecular flexibility index (Phi) is 13.8. The lowest BCUT2D eigenvalue weighted by atomic mass is 9.95. The summed E-state index contributed by atoms with van der Waals surface area (Å²) in [6.07, 6.45) is 8.97. The first kappa shape index (κ1) is 31.7. The minimum absolute atomic E-state index is 0.156. The van der Waals surface area contributed by atoms with Gasteiger partial charge in [0, 0.05) is 25.7 Å². The van der Waals surface area contributed by atoms with Gasteiger partial charge < -0.3 is 19.7 Å². The normalized spacial score (nSPS) is 33.2. The Morgan fingerprint density at radius 3 is 1.33 bits per heavy atom. The number of esters is 2. The second-order valence-corrected chi connectivity index (χ2v) is 9.95. The van der Waals surface area contributed by atoms with Crippen LogP contribution in [0.4, 0.5) is 0 Å². The van der Waals surface area contributed by atoms with Gasteiger partial charge in [-0.2, -0.15) is 0 Å². The summed E-state index contributed by atoms with van der Waals surface area (Å²) in [6.45, 7) is 6.60. The third-order valence-corrected chi connectivity index (χ3v) is 6.41. The molecule has 1 rings (SSSR count). The molecule has 0 saturated carbocycles. The highest BCUT2D eigenvalue weighted by atomic mass is 16.6. The van der Waals surface area contributed by atoms with Crippen LogP contribution < -0.4 is 0 Å². The van der Waals surface area contributed by atoms with Crippen molar-refractivity contribution in [2.45, 2.75) is 128 Å². The van der Waals surface area contributed by atoms with Crippen molar-refractivity contribution in [3.05, 3.63) is 24.3 Å². The number of cyclic esters (lactones) is 2. The maximum absolute atomic E-state index is 12.3. The maximum atomic E-state index is 12.3. The van der Waals surface area contributed by atoms with Gasteiger partial charge in [-0.15, -0.1) is 0 Å². The summed E-state index contributed by atoms with van der Waals surface area (Å²) in [4.78, 5) is 49.0. The van der Waals surface area contributed by atoms with E-state index in [0.29, 0.717) is 51.4 Å². The van der Waals surface area contributed by atoms with Crippen molar-refractivity contribution >= 4 is 23.5 Å². The van der Waals surface area contributed by atoms with Crippen LogP contribution >= 0.6 is 0 Å². The Morgan fingerprint density at radius 1 is 0.667 bits per heavy atom. The number of aliphatic hydroxyl groups is 2. The highest BCUT2D eigenvalue weighted by molar-refractivity contribution is 5.90. The van der Waals surface area contributed by atoms with Gasteiger partial charge in [0.05, 0.1) is 0 Å². The Balaban J connectivity index is 2.88. The molecule has 0 fully saturated rings. The zero-order valence-corrected chi connectivity index (χ0v) is 22.3. The molecule has 0 aromatic heterocycles. The highest BCUT2D eigenvalue weighted by Crippen LogP contribution is 2.22. The molecule has 2 N–H and O–H groups in total. The van der Waals surface area contributed by atoms with Crippen LogP contribution in [0.5, 0.6) is 0 Å². The van der Waals surface area contributed by atoms with Gasteiger partial charge in [-0.1, -0.05) is 26.7 Å². The molecular weight excluding hydrogens is 464 g/mol. The Hall–Kier alpha value is -2.32. The highest BCUT2D eigenvalue weighted by Gasteiger charge is 2.32. The van der Waals surface area contributed by atoms with Crippen LogP contribution in [0.15, 0.2) is 24.3 Å². The minimum Gasteiger partial charge on any atom is -0.459 e. The van der Waals surface area contributed by atoms with Crippen molar-refractivity contribution in [1.82, 2.24) is 0 Å². The van der Waals surface area contributed by atoms with E-state index in [1.165, 1.54) is 38.2 Å². The number of hydrogen-bond acceptors (Lipinski definition) is 8. The lowest BCUT2D eigenvalue weighted by Gasteiger charge is -2.29. The number of carbonyl (C=O) groups is 4. The van der Waals surface area contributed by atoms with Gasteiger partial charge in [0.2, 0.25) is 0 Å². The fraction of sp³-hybridized carbons (Fsp3) is 0.714. The fourth-order valence-corrected chi connectivity index (χ4v) is 4.06. The number of rotatable bonds is 2. The van der Waals surface area contributed by atoms with Crippen LogP contribution in [0.25, 0.3) is 0 Å². The lowest BCUT2D eigenvalue weighted by Crippen LogP contribution is -2.40. The molecule has 0 saturated heterocycles. The molecular formula is C28H44O8. The van der Waals surface area contributed by atoms with Crippen molar-refractivity contribution < 1.29 is 38.9 Å². The number of ketones is 2. The van der Waals surface area contributed by atoms with Gasteiger partial charge in [-0.25, -0.2) is 0 Å². The largest absolute Gasteiger partial charge is 0.459 e. The van der Waals surface area contributed by atoms with Gasteiger partial charge in [0.25, 0.3) is 0 Å². The molecule has 0 unspecified atom stereocenters. The van der Waals surface area contributed by atoms with Gasteiger partial charge >= 0.3 is 11.9 Å². The molecule has 0 aromatic rings. The first-order valence-electron chi connectivity index (χ1n) is 13.2. The summed E-state index contributed by atoms with van der Waals surface area (Å²) in [5.41, 5.74) is -2.96. The molecule has 0 spiro atoms. The van der Waals surface area contributed by atoms with Crippen molar-refractivity contribution in [2.75, 3.05) is 0 Å². The summed E-state index contributed by atoms with van der Waals surface area (Å²) in [5, 5.41) is 21.5. The quantitative estimate of drug-likeness (QED) is 0.529. The fourth-order valence-electron chi connectivity index (χ4n) is 4.06. The zero-order chi connectivity index (χ0) is 27.2. The van der Waals surface area contributed by atoms with E-state index >= 15 is 0 Å². The molecule has 1 aliphatic rings. The monoisotopic (exact) mass is 508 g/mol. The topological polar surface area (TPSA) is 127 Å². The van der Waals surface area contributed by atoms with Crippen LogP contribution in [0.2, 0.25) is 0 Å². The second-order valence-electron chi connectivity index (χ2n) is 9.95. The minimum atomic E-state index is -1.48. The molecule has 0 aliphatic carbocycles. The smallest absolute Gasteiger partial charge is 0.306 e. The summed E-state index contributed by atoms with van der Waals surface area (Å²) >= 11 is 0. The zero-order valence-electron chi connectivity index (χ0n) is 22.3. The molecule has 1 heterocycles. The van der Waals surface area contributed by atoms with Crippen LogP contribution in [-0.2, 0) is 28.7 Å². The molecule has 204 valence electrons. The summed E-state index contributed by atoms with van der Waals surface area (Å²) in [5.74, 6) is -1.17. The number of allylic oxidation sites excluding steroid dienone is 2. The molecule has 1 aliphatic heterocycles. The van der Waals surface area contributed by atoms with Crippen molar-refractivity contribution in [3.63, 3.8) is 0 Å². The van der Waals surface area contributed by atoms with E-state index in [-0.39, 0.29) is 37.2 Å². The lowest BCUT2D eigenvalue weighted by molar-refractivity contribution is -0.160. The van der Waals surface area contributed by atoms with E-state index in [1.54, 1.807) is 13.8 Å². The van der Waals surface area contributed by atoms with Crippen LogP contribution in [-0.4, -0.2) is 57.1 Å². The molecule has 4 atom stereocenters. The predicted molar refractivity (Wildman–Crippen MR) is 136 cm³/mol. The van der Waals surface area contributed by atoms with Gasteiger partial charge in [0.1, 0.15) is 23.4 Å². The molecule has 0 bridgehead atoms. The van der Waals surface area contributed by atoms with Crippen LogP contribution in [0.3, 0.4) is 0 Å². The maximum Gasteiger partial charge on any atom is 0.306 e. The molecule has 8 nitrogen and oxygen atoms in total. The van der Waals surface area contributed by atoms with Crippen molar-refractivity contribution in [1.29, 1.82) is 0 Å². The van der Waals surface area contributed by atoms with E-state index in [2.05, 4.69) is 0 Å². The van der Waals surface area contributed by atoms with Crippen LogP contribution in [0.1, 0.15) is 105 Å². The first-order chi connectivity index (χ1) is 16.9. The van der Waals surface area contributed by atoms with E-state index < -0.39 is 35.3 Å².